The molecule has 1 amide bonds. The van der Waals surface area contributed by atoms with Crippen LogP contribution >= 0.6 is 0 Å². The minimum Gasteiger partial charge on any atom is -0.384 e. The summed E-state index contributed by atoms with van der Waals surface area (Å²) < 4.78 is 38.9. The summed E-state index contributed by atoms with van der Waals surface area (Å²) in [6.07, 6.45) is -2.34. The Kier molecular flexibility index (Phi) is 4.20. The third-order valence-corrected chi connectivity index (χ3v) is 3.22. The number of carbonyl (C=O) groups is 1. The molecule has 0 saturated heterocycles. The molecule has 0 spiro atoms. The SMILES string of the molecule is CCNc1c(C(=O)NCC2CC2)cccc1C(F)(F)F. The normalized spacial score (nSPS) is 15.0. The van der Waals surface area contributed by atoms with Crippen molar-refractivity contribution in [1.29, 1.82) is 0 Å². The summed E-state index contributed by atoms with van der Waals surface area (Å²) in [4.78, 5) is 12.0. The number of amides is 1. The number of para-hydroxylation sites is 1. The van der Waals surface area contributed by atoms with Crippen LogP contribution in [0.1, 0.15) is 35.7 Å². The third kappa shape index (κ3) is 3.43. The molecule has 110 valence electrons. The van der Waals surface area contributed by atoms with Crippen molar-refractivity contribution in [2.24, 2.45) is 5.92 Å². The first-order valence-corrected chi connectivity index (χ1v) is 6.65. The van der Waals surface area contributed by atoms with E-state index in [9.17, 15) is 18.0 Å². The lowest BCUT2D eigenvalue weighted by Crippen LogP contribution is -2.27. The van der Waals surface area contributed by atoms with Crippen molar-refractivity contribution in [1.82, 2.24) is 5.32 Å². The Balaban J connectivity index is 2.27. The van der Waals surface area contributed by atoms with Gasteiger partial charge < -0.3 is 10.6 Å². The Hall–Kier alpha value is -1.72. The van der Waals surface area contributed by atoms with E-state index in [2.05, 4.69) is 10.6 Å². The number of halogens is 3. The van der Waals surface area contributed by atoms with Gasteiger partial charge in [-0.2, -0.15) is 13.2 Å². The largest absolute Gasteiger partial charge is 0.418 e. The second-order valence-corrected chi connectivity index (χ2v) is 4.91. The zero-order chi connectivity index (χ0) is 14.8. The van der Waals surface area contributed by atoms with Gasteiger partial charge in [-0.1, -0.05) is 6.07 Å². The fourth-order valence-corrected chi connectivity index (χ4v) is 2.00. The van der Waals surface area contributed by atoms with Crippen molar-refractivity contribution in [2.75, 3.05) is 18.4 Å². The van der Waals surface area contributed by atoms with Gasteiger partial charge in [0.2, 0.25) is 0 Å². The number of rotatable bonds is 5. The maximum atomic E-state index is 13.0. The van der Waals surface area contributed by atoms with Crippen LogP contribution in [0.5, 0.6) is 0 Å². The molecule has 2 rings (SSSR count). The summed E-state index contributed by atoms with van der Waals surface area (Å²) in [6.45, 7) is 2.54. The molecular weight excluding hydrogens is 269 g/mol. The topological polar surface area (TPSA) is 41.1 Å². The molecule has 0 unspecified atom stereocenters. The van der Waals surface area contributed by atoms with Crippen LogP contribution in [0.15, 0.2) is 18.2 Å². The van der Waals surface area contributed by atoms with Gasteiger partial charge >= 0.3 is 6.18 Å². The maximum absolute atomic E-state index is 13.0. The van der Waals surface area contributed by atoms with Gasteiger partial charge in [0.05, 0.1) is 16.8 Å². The van der Waals surface area contributed by atoms with E-state index in [0.29, 0.717) is 19.0 Å². The van der Waals surface area contributed by atoms with Gasteiger partial charge in [0.15, 0.2) is 0 Å². The molecule has 1 aromatic rings. The minimum absolute atomic E-state index is 0.0438. The number of hydrogen-bond donors (Lipinski definition) is 2. The standard InChI is InChI=1S/C14H17F3N2O/c1-2-18-12-10(13(20)19-8-9-6-7-9)4-3-5-11(12)14(15,16)17/h3-5,9,18H,2,6-8H2,1H3,(H,19,20). The molecule has 2 N–H and O–H groups in total. The molecule has 1 aromatic carbocycles. The van der Waals surface area contributed by atoms with E-state index in [-0.39, 0.29) is 11.3 Å². The molecule has 0 bridgehead atoms. The van der Waals surface area contributed by atoms with Crippen LogP contribution in [0.4, 0.5) is 18.9 Å². The molecule has 0 heterocycles. The van der Waals surface area contributed by atoms with E-state index in [4.69, 9.17) is 0 Å². The highest BCUT2D eigenvalue weighted by molar-refractivity contribution is 6.00. The number of nitrogens with one attached hydrogen (secondary N) is 2. The number of alkyl halides is 3. The van der Waals surface area contributed by atoms with Crippen molar-refractivity contribution in [3.63, 3.8) is 0 Å². The Morgan fingerprint density at radius 1 is 1.35 bits per heavy atom. The van der Waals surface area contributed by atoms with E-state index in [1.54, 1.807) is 6.92 Å². The van der Waals surface area contributed by atoms with Crippen molar-refractivity contribution in [3.05, 3.63) is 29.3 Å². The molecule has 0 radical (unpaired) electrons. The zero-order valence-electron chi connectivity index (χ0n) is 11.2. The van der Waals surface area contributed by atoms with Crippen molar-refractivity contribution < 1.29 is 18.0 Å². The van der Waals surface area contributed by atoms with Gasteiger partial charge in [0.1, 0.15) is 0 Å². The number of benzene rings is 1. The fourth-order valence-electron chi connectivity index (χ4n) is 2.00. The van der Waals surface area contributed by atoms with Gasteiger partial charge in [-0.3, -0.25) is 4.79 Å². The minimum atomic E-state index is -4.48. The Morgan fingerprint density at radius 3 is 2.60 bits per heavy atom. The van der Waals surface area contributed by atoms with Crippen LogP contribution in [-0.2, 0) is 6.18 Å². The smallest absolute Gasteiger partial charge is 0.384 e. The molecular formula is C14H17F3N2O. The Bertz CT molecular complexity index is 496. The predicted molar refractivity (Wildman–Crippen MR) is 70.7 cm³/mol. The van der Waals surface area contributed by atoms with Crippen LogP contribution < -0.4 is 10.6 Å². The highest BCUT2D eigenvalue weighted by Gasteiger charge is 2.35. The van der Waals surface area contributed by atoms with E-state index in [1.807, 2.05) is 0 Å². The molecule has 20 heavy (non-hydrogen) atoms. The molecule has 1 aliphatic carbocycles. The second-order valence-electron chi connectivity index (χ2n) is 4.91. The monoisotopic (exact) mass is 286 g/mol. The fraction of sp³-hybridized carbons (Fsp3) is 0.500. The lowest BCUT2D eigenvalue weighted by molar-refractivity contribution is -0.137. The molecule has 1 fully saturated rings. The summed E-state index contributed by atoms with van der Waals surface area (Å²) in [5.74, 6) is 0.0197. The van der Waals surface area contributed by atoms with E-state index in [0.717, 1.165) is 18.9 Å². The summed E-state index contributed by atoms with van der Waals surface area (Å²) in [6, 6.07) is 3.65. The highest BCUT2D eigenvalue weighted by atomic mass is 19.4. The number of anilines is 1. The molecule has 3 nitrogen and oxygen atoms in total. The van der Waals surface area contributed by atoms with Gasteiger partial charge in [-0.15, -0.1) is 0 Å². The summed E-state index contributed by atoms with van der Waals surface area (Å²) in [5, 5.41) is 5.35. The van der Waals surface area contributed by atoms with Crippen LogP contribution in [0.25, 0.3) is 0 Å². The number of carbonyl (C=O) groups excluding carboxylic acids is 1. The van der Waals surface area contributed by atoms with Crippen molar-refractivity contribution in [3.8, 4) is 0 Å². The van der Waals surface area contributed by atoms with E-state index < -0.39 is 17.6 Å². The molecule has 1 aliphatic rings. The second kappa shape index (κ2) is 5.73. The van der Waals surface area contributed by atoms with Gasteiger partial charge in [-0.25, -0.2) is 0 Å². The lowest BCUT2D eigenvalue weighted by atomic mass is 10.1. The predicted octanol–water partition coefficient (Wildman–Crippen LogP) is 3.28. The highest BCUT2D eigenvalue weighted by Crippen LogP contribution is 2.36. The number of hydrogen-bond acceptors (Lipinski definition) is 2. The Labute approximate surface area is 115 Å². The van der Waals surface area contributed by atoms with Crippen LogP contribution in [-0.4, -0.2) is 19.0 Å². The van der Waals surface area contributed by atoms with Gasteiger partial charge in [0.25, 0.3) is 5.91 Å². The molecule has 6 heteroatoms. The lowest BCUT2D eigenvalue weighted by Gasteiger charge is -2.17. The Morgan fingerprint density at radius 2 is 2.05 bits per heavy atom. The van der Waals surface area contributed by atoms with Gasteiger partial charge in [0, 0.05) is 13.1 Å². The van der Waals surface area contributed by atoms with Crippen LogP contribution in [0.2, 0.25) is 0 Å². The first-order valence-electron chi connectivity index (χ1n) is 6.65. The van der Waals surface area contributed by atoms with Crippen molar-refractivity contribution >= 4 is 11.6 Å². The summed E-state index contributed by atoms with van der Waals surface area (Å²) in [5.41, 5.74) is -0.906. The quantitative estimate of drug-likeness (QED) is 0.872. The first-order chi connectivity index (χ1) is 9.43. The summed E-state index contributed by atoms with van der Waals surface area (Å²) in [7, 11) is 0. The molecule has 1 saturated carbocycles. The average molecular weight is 286 g/mol. The first kappa shape index (κ1) is 14.7. The van der Waals surface area contributed by atoms with Crippen LogP contribution in [0, 0.1) is 5.92 Å². The third-order valence-electron chi connectivity index (χ3n) is 3.22. The van der Waals surface area contributed by atoms with Gasteiger partial charge in [-0.05, 0) is 37.8 Å². The molecule has 0 aliphatic heterocycles. The zero-order valence-corrected chi connectivity index (χ0v) is 11.2. The maximum Gasteiger partial charge on any atom is 0.418 e. The molecule has 0 atom stereocenters. The van der Waals surface area contributed by atoms with E-state index >= 15 is 0 Å². The average Bonchev–Trinajstić information content (AvgIpc) is 3.19. The molecule has 0 aromatic heterocycles. The summed E-state index contributed by atoms with van der Waals surface area (Å²) >= 11 is 0. The van der Waals surface area contributed by atoms with Crippen LogP contribution in [0.3, 0.4) is 0 Å². The van der Waals surface area contributed by atoms with E-state index in [1.165, 1.54) is 12.1 Å². The van der Waals surface area contributed by atoms with Crippen molar-refractivity contribution in [2.45, 2.75) is 25.9 Å².